The van der Waals surface area contributed by atoms with E-state index in [1.165, 1.54) is 19.3 Å². The maximum atomic E-state index is 6.11. The standard InChI is InChI=1S/C13H27NO2.C2H4O/c1-4-7-8-11(5-2)12-15-9-13(14,6-3)10-16-12;1-2-3-1/h11-12H,4-10,14H2,1-3H3;1-2H2. The molecule has 1 atom stereocenters. The molecule has 0 spiro atoms. The molecule has 2 heterocycles. The molecule has 1 unspecified atom stereocenters. The SMILES string of the molecule is C1CO1.CCCCC(CC)C1OCC(N)(CC)CO1. The minimum absolute atomic E-state index is 0.0280. The number of ether oxygens (including phenoxy) is 3. The molecule has 0 aromatic rings. The first-order valence-corrected chi connectivity index (χ1v) is 7.75. The molecule has 4 heteroatoms. The Bertz CT molecular complexity index is 223. The topological polar surface area (TPSA) is 57.0 Å². The van der Waals surface area contributed by atoms with Crippen LogP contribution >= 0.6 is 0 Å². The summed E-state index contributed by atoms with van der Waals surface area (Å²) < 4.78 is 16.1. The molecule has 0 aromatic carbocycles. The molecule has 0 saturated carbocycles. The molecule has 0 aromatic heterocycles. The van der Waals surface area contributed by atoms with E-state index in [1.807, 2.05) is 0 Å². The predicted molar refractivity (Wildman–Crippen MR) is 77.0 cm³/mol. The fourth-order valence-electron chi connectivity index (χ4n) is 2.06. The fraction of sp³-hybridized carbons (Fsp3) is 1.00. The Hall–Kier alpha value is -0.160. The van der Waals surface area contributed by atoms with E-state index >= 15 is 0 Å². The first-order chi connectivity index (χ1) is 9.15. The zero-order chi connectivity index (χ0) is 14.1. The minimum Gasteiger partial charge on any atom is -0.377 e. The minimum atomic E-state index is -0.264. The van der Waals surface area contributed by atoms with E-state index in [4.69, 9.17) is 15.2 Å². The number of rotatable bonds is 6. The van der Waals surface area contributed by atoms with Crippen molar-refractivity contribution in [2.75, 3.05) is 26.4 Å². The van der Waals surface area contributed by atoms with Crippen molar-refractivity contribution in [1.29, 1.82) is 0 Å². The second-order valence-corrected chi connectivity index (χ2v) is 5.63. The van der Waals surface area contributed by atoms with Crippen LogP contribution in [0.25, 0.3) is 0 Å². The van der Waals surface area contributed by atoms with Crippen molar-refractivity contribution in [1.82, 2.24) is 0 Å². The van der Waals surface area contributed by atoms with Crippen molar-refractivity contribution in [3.63, 3.8) is 0 Å². The number of epoxide rings is 1. The van der Waals surface area contributed by atoms with Crippen molar-refractivity contribution < 1.29 is 14.2 Å². The average Bonchev–Trinajstić information content (AvgIpc) is 3.30. The van der Waals surface area contributed by atoms with Gasteiger partial charge in [0.05, 0.1) is 32.0 Å². The van der Waals surface area contributed by atoms with E-state index < -0.39 is 0 Å². The molecule has 2 rings (SSSR count). The highest BCUT2D eigenvalue weighted by molar-refractivity contribution is 4.85. The average molecular weight is 273 g/mol. The van der Waals surface area contributed by atoms with Gasteiger partial charge in [-0.1, -0.05) is 33.6 Å². The molecule has 4 nitrogen and oxygen atoms in total. The smallest absolute Gasteiger partial charge is 0.160 e. The van der Waals surface area contributed by atoms with E-state index in [1.54, 1.807) is 0 Å². The second-order valence-electron chi connectivity index (χ2n) is 5.63. The van der Waals surface area contributed by atoms with Crippen LogP contribution in [0, 0.1) is 5.92 Å². The Morgan fingerprint density at radius 2 is 1.74 bits per heavy atom. The predicted octanol–water partition coefficient (Wildman–Crippen LogP) is 2.70. The lowest BCUT2D eigenvalue weighted by Gasteiger charge is -2.39. The Morgan fingerprint density at radius 3 is 2.11 bits per heavy atom. The summed E-state index contributed by atoms with van der Waals surface area (Å²) in [7, 11) is 0. The van der Waals surface area contributed by atoms with E-state index in [9.17, 15) is 0 Å². The summed E-state index contributed by atoms with van der Waals surface area (Å²) in [6, 6.07) is 0. The first-order valence-electron chi connectivity index (χ1n) is 7.75. The maximum absolute atomic E-state index is 6.11. The van der Waals surface area contributed by atoms with E-state index in [2.05, 4.69) is 25.5 Å². The van der Waals surface area contributed by atoms with E-state index in [0.29, 0.717) is 19.1 Å². The highest BCUT2D eigenvalue weighted by Crippen LogP contribution is 2.26. The highest BCUT2D eigenvalue weighted by atomic mass is 16.7. The number of hydrogen-bond donors (Lipinski definition) is 1. The van der Waals surface area contributed by atoms with Gasteiger partial charge in [0.1, 0.15) is 0 Å². The van der Waals surface area contributed by atoms with Crippen LogP contribution in [0.4, 0.5) is 0 Å². The largest absolute Gasteiger partial charge is 0.377 e. The Balaban J connectivity index is 0.000000524. The van der Waals surface area contributed by atoms with Crippen LogP contribution in [0.2, 0.25) is 0 Å². The van der Waals surface area contributed by atoms with Crippen LogP contribution in [0.5, 0.6) is 0 Å². The summed E-state index contributed by atoms with van der Waals surface area (Å²) in [5.74, 6) is 0.529. The molecule has 2 fully saturated rings. The lowest BCUT2D eigenvalue weighted by atomic mass is 9.95. The molecule has 2 aliphatic rings. The van der Waals surface area contributed by atoms with Crippen LogP contribution < -0.4 is 5.73 Å². The van der Waals surface area contributed by atoms with Gasteiger partial charge in [-0.05, 0) is 19.3 Å². The van der Waals surface area contributed by atoms with Gasteiger partial charge in [-0.15, -0.1) is 0 Å². The van der Waals surface area contributed by atoms with Crippen molar-refractivity contribution >= 4 is 0 Å². The lowest BCUT2D eigenvalue weighted by molar-refractivity contribution is -0.231. The summed E-state index contributed by atoms with van der Waals surface area (Å²) in [5.41, 5.74) is 5.85. The molecule has 2 saturated heterocycles. The molecule has 19 heavy (non-hydrogen) atoms. The zero-order valence-corrected chi connectivity index (χ0v) is 12.8. The Labute approximate surface area is 118 Å². The summed E-state index contributed by atoms with van der Waals surface area (Å²) in [5, 5.41) is 0. The van der Waals surface area contributed by atoms with E-state index in [0.717, 1.165) is 26.1 Å². The summed E-state index contributed by atoms with van der Waals surface area (Å²) in [6.45, 7) is 9.78. The van der Waals surface area contributed by atoms with Gasteiger partial charge in [-0.2, -0.15) is 0 Å². The first kappa shape index (κ1) is 16.9. The quantitative estimate of drug-likeness (QED) is 0.756. The van der Waals surface area contributed by atoms with Gasteiger partial charge in [0.2, 0.25) is 0 Å². The Kier molecular flexibility index (Phi) is 7.91. The Morgan fingerprint density at radius 1 is 1.16 bits per heavy atom. The van der Waals surface area contributed by atoms with Gasteiger partial charge in [-0.3, -0.25) is 0 Å². The lowest BCUT2D eigenvalue weighted by Crippen LogP contribution is -2.55. The summed E-state index contributed by atoms with van der Waals surface area (Å²) in [4.78, 5) is 0. The van der Waals surface area contributed by atoms with Crippen molar-refractivity contribution in [2.45, 2.75) is 64.7 Å². The fourth-order valence-corrected chi connectivity index (χ4v) is 2.06. The maximum Gasteiger partial charge on any atom is 0.160 e. The van der Waals surface area contributed by atoms with Crippen LogP contribution in [0.1, 0.15) is 52.9 Å². The van der Waals surface area contributed by atoms with Gasteiger partial charge >= 0.3 is 0 Å². The summed E-state index contributed by atoms with van der Waals surface area (Å²) in [6.07, 6.45) is 5.68. The van der Waals surface area contributed by atoms with Crippen molar-refractivity contribution in [3.8, 4) is 0 Å². The molecular formula is C15H31NO3. The monoisotopic (exact) mass is 273 g/mol. The molecule has 0 amide bonds. The molecular weight excluding hydrogens is 242 g/mol. The third-order valence-electron chi connectivity index (χ3n) is 3.82. The normalized spacial score (nSPS) is 31.3. The number of unbranched alkanes of at least 4 members (excludes halogenated alkanes) is 1. The zero-order valence-electron chi connectivity index (χ0n) is 12.8. The second kappa shape index (κ2) is 8.90. The van der Waals surface area contributed by atoms with Crippen LogP contribution in [-0.4, -0.2) is 38.3 Å². The third kappa shape index (κ3) is 6.70. The number of nitrogens with two attached hydrogens (primary N) is 1. The van der Waals surface area contributed by atoms with Gasteiger partial charge in [0, 0.05) is 5.92 Å². The molecule has 2 aliphatic heterocycles. The van der Waals surface area contributed by atoms with E-state index in [-0.39, 0.29) is 11.8 Å². The van der Waals surface area contributed by atoms with Crippen molar-refractivity contribution in [3.05, 3.63) is 0 Å². The molecule has 114 valence electrons. The van der Waals surface area contributed by atoms with Crippen LogP contribution in [-0.2, 0) is 14.2 Å². The molecule has 0 aliphatic carbocycles. The molecule has 0 radical (unpaired) electrons. The molecule has 0 bridgehead atoms. The van der Waals surface area contributed by atoms with Gasteiger partial charge in [0.15, 0.2) is 6.29 Å². The molecule has 2 N–H and O–H groups in total. The van der Waals surface area contributed by atoms with Gasteiger partial charge in [-0.25, -0.2) is 0 Å². The third-order valence-corrected chi connectivity index (χ3v) is 3.82. The van der Waals surface area contributed by atoms with Crippen LogP contribution in [0.15, 0.2) is 0 Å². The van der Waals surface area contributed by atoms with Gasteiger partial charge in [0.25, 0.3) is 0 Å². The van der Waals surface area contributed by atoms with Crippen molar-refractivity contribution in [2.24, 2.45) is 11.7 Å². The number of hydrogen-bond acceptors (Lipinski definition) is 4. The summed E-state index contributed by atoms with van der Waals surface area (Å²) >= 11 is 0. The van der Waals surface area contributed by atoms with Crippen LogP contribution in [0.3, 0.4) is 0 Å². The van der Waals surface area contributed by atoms with Gasteiger partial charge < -0.3 is 19.9 Å². The highest BCUT2D eigenvalue weighted by Gasteiger charge is 2.34.